The summed E-state index contributed by atoms with van der Waals surface area (Å²) >= 11 is 0. The van der Waals surface area contributed by atoms with Gasteiger partial charge in [0.1, 0.15) is 0 Å². The van der Waals surface area contributed by atoms with Gasteiger partial charge in [0.05, 0.1) is 0 Å². The molecule has 1 aliphatic heterocycles. The number of rotatable bonds is 4. The summed E-state index contributed by atoms with van der Waals surface area (Å²) in [6.07, 6.45) is 5.16. The molecule has 2 rings (SSSR count). The molecular weight excluding hydrogens is 198 g/mol. The van der Waals surface area contributed by atoms with Gasteiger partial charge in [-0.15, -0.1) is 0 Å². The normalized spacial score (nSPS) is 33.4. The highest BCUT2D eigenvalue weighted by Gasteiger charge is 2.25. The predicted octanol–water partition coefficient (Wildman–Crippen LogP) is 1.14. The van der Waals surface area contributed by atoms with Gasteiger partial charge in [-0.25, -0.2) is 0 Å². The zero-order valence-electron chi connectivity index (χ0n) is 10.7. The summed E-state index contributed by atoms with van der Waals surface area (Å²) in [5.41, 5.74) is 5.97. The van der Waals surface area contributed by atoms with Crippen molar-refractivity contribution in [2.75, 3.05) is 39.3 Å². The zero-order chi connectivity index (χ0) is 11.4. The Bertz CT molecular complexity index is 199. The van der Waals surface area contributed by atoms with Gasteiger partial charge in [0.15, 0.2) is 0 Å². The van der Waals surface area contributed by atoms with Crippen LogP contribution in [0.2, 0.25) is 0 Å². The molecule has 3 heteroatoms. The van der Waals surface area contributed by atoms with Crippen LogP contribution < -0.4 is 5.73 Å². The van der Waals surface area contributed by atoms with Crippen molar-refractivity contribution in [2.24, 2.45) is 11.7 Å². The lowest BCUT2D eigenvalue weighted by atomic mass is 10.1. The van der Waals surface area contributed by atoms with Crippen LogP contribution >= 0.6 is 0 Å². The molecule has 1 heterocycles. The van der Waals surface area contributed by atoms with E-state index in [9.17, 15) is 0 Å². The summed E-state index contributed by atoms with van der Waals surface area (Å²) in [5, 5.41) is 0. The van der Waals surface area contributed by atoms with E-state index in [1.165, 1.54) is 65.0 Å². The molecule has 1 aliphatic carbocycles. The van der Waals surface area contributed by atoms with Crippen molar-refractivity contribution in [2.45, 2.75) is 38.6 Å². The number of nitrogens with two attached hydrogens (primary N) is 1. The third-order valence-electron chi connectivity index (χ3n) is 4.10. The summed E-state index contributed by atoms with van der Waals surface area (Å²) in [6, 6.07) is 0.492. The molecule has 0 aromatic heterocycles. The van der Waals surface area contributed by atoms with Crippen LogP contribution in [0.1, 0.15) is 32.6 Å². The molecule has 0 amide bonds. The molecule has 3 nitrogen and oxygen atoms in total. The Hall–Kier alpha value is -0.120. The van der Waals surface area contributed by atoms with Gasteiger partial charge in [0.25, 0.3) is 0 Å². The van der Waals surface area contributed by atoms with Gasteiger partial charge in [0.2, 0.25) is 0 Å². The predicted molar refractivity (Wildman–Crippen MR) is 68.5 cm³/mol. The molecule has 1 saturated carbocycles. The Morgan fingerprint density at radius 2 is 1.75 bits per heavy atom. The van der Waals surface area contributed by atoms with Crippen molar-refractivity contribution in [3.63, 3.8) is 0 Å². The van der Waals surface area contributed by atoms with Crippen LogP contribution in [-0.2, 0) is 0 Å². The van der Waals surface area contributed by atoms with Crippen molar-refractivity contribution in [3.8, 4) is 0 Å². The first-order chi connectivity index (χ1) is 7.78. The van der Waals surface area contributed by atoms with Crippen molar-refractivity contribution in [1.29, 1.82) is 0 Å². The minimum Gasteiger partial charge on any atom is -0.328 e. The number of nitrogens with zero attached hydrogens (tertiary/aromatic N) is 2. The third-order valence-corrected chi connectivity index (χ3v) is 4.10. The van der Waals surface area contributed by atoms with Crippen molar-refractivity contribution < 1.29 is 0 Å². The Kier molecular flexibility index (Phi) is 4.62. The standard InChI is InChI=1S/C13H27N3/c1-2-5-15-6-8-16(9-7-15)11-12-3-4-13(14)10-12/h12-13H,2-11,14H2,1H3. The monoisotopic (exact) mass is 225 g/mol. The number of piperazine rings is 1. The van der Waals surface area contributed by atoms with Crippen LogP contribution in [0.5, 0.6) is 0 Å². The molecule has 0 aromatic rings. The first kappa shape index (κ1) is 12.3. The molecule has 2 fully saturated rings. The molecule has 0 radical (unpaired) electrons. The van der Waals surface area contributed by atoms with Gasteiger partial charge in [-0.1, -0.05) is 6.92 Å². The fraction of sp³-hybridized carbons (Fsp3) is 1.00. The van der Waals surface area contributed by atoms with E-state index < -0.39 is 0 Å². The first-order valence-electron chi connectivity index (χ1n) is 6.98. The van der Waals surface area contributed by atoms with E-state index in [-0.39, 0.29) is 0 Å². The van der Waals surface area contributed by atoms with Gasteiger partial charge >= 0.3 is 0 Å². The third kappa shape index (κ3) is 3.44. The summed E-state index contributed by atoms with van der Waals surface area (Å²) in [4.78, 5) is 5.24. The van der Waals surface area contributed by atoms with E-state index in [4.69, 9.17) is 5.73 Å². The Labute approximate surface area is 100.0 Å². The molecule has 2 aliphatic rings. The van der Waals surface area contributed by atoms with Crippen molar-refractivity contribution in [1.82, 2.24) is 9.80 Å². The topological polar surface area (TPSA) is 32.5 Å². The summed E-state index contributed by atoms with van der Waals surface area (Å²) in [5.74, 6) is 0.882. The van der Waals surface area contributed by atoms with Crippen LogP contribution in [-0.4, -0.2) is 55.1 Å². The average molecular weight is 225 g/mol. The van der Waals surface area contributed by atoms with E-state index in [0.717, 1.165) is 5.92 Å². The summed E-state index contributed by atoms with van der Waals surface area (Å²) in [6.45, 7) is 9.93. The number of hydrogen-bond acceptors (Lipinski definition) is 3. The lowest BCUT2D eigenvalue weighted by Crippen LogP contribution is -2.47. The second-order valence-corrected chi connectivity index (χ2v) is 5.58. The van der Waals surface area contributed by atoms with E-state index in [0.29, 0.717) is 6.04 Å². The molecule has 2 atom stereocenters. The second kappa shape index (κ2) is 5.99. The smallest absolute Gasteiger partial charge is 0.0110 e. The summed E-state index contributed by atoms with van der Waals surface area (Å²) in [7, 11) is 0. The van der Waals surface area contributed by atoms with Gasteiger partial charge < -0.3 is 15.5 Å². The van der Waals surface area contributed by atoms with Crippen LogP contribution in [0.4, 0.5) is 0 Å². The molecule has 0 spiro atoms. The van der Waals surface area contributed by atoms with Gasteiger partial charge in [0, 0.05) is 38.8 Å². The molecule has 2 N–H and O–H groups in total. The Morgan fingerprint density at radius 3 is 2.31 bits per heavy atom. The average Bonchev–Trinajstić information content (AvgIpc) is 2.67. The maximum absolute atomic E-state index is 5.97. The maximum atomic E-state index is 5.97. The second-order valence-electron chi connectivity index (χ2n) is 5.58. The molecule has 16 heavy (non-hydrogen) atoms. The zero-order valence-corrected chi connectivity index (χ0v) is 10.7. The fourth-order valence-electron chi connectivity index (χ4n) is 3.16. The molecule has 94 valence electrons. The van der Waals surface area contributed by atoms with Gasteiger partial charge in [-0.2, -0.15) is 0 Å². The Morgan fingerprint density at radius 1 is 1.06 bits per heavy atom. The van der Waals surface area contributed by atoms with Crippen LogP contribution in [0.25, 0.3) is 0 Å². The number of hydrogen-bond donors (Lipinski definition) is 1. The molecular formula is C13H27N3. The van der Waals surface area contributed by atoms with E-state index in [2.05, 4.69) is 16.7 Å². The highest BCUT2D eigenvalue weighted by Crippen LogP contribution is 2.25. The largest absolute Gasteiger partial charge is 0.328 e. The van der Waals surface area contributed by atoms with E-state index in [1.54, 1.807) is 0 Å². The molecule has 1 saturated heterocycles. The molecule has 2 unspecified atom stereocenters. The van der Waals surface area contributed by atoms with Gasteiger partial charge in [-0.3, -0.25) is 0 Å². The fourth-order valence-corrected chi connectivity index (χ4v) is 3.16. The van der Waals surface area contributed by atoms with E-state index >= 15 is 0 Å². The molecule has 0 aromatic carbocycles. The van der Waals surface area contributed by atoms with Crippen LogP contribution in [0, 0.1) is 5.92 Å². The highest BCUT2D eigenvalue weighted by molar-refractivity contribution is 4.81. The van der Waals surface area contributed by atoms with Crippen molar-refractivity contribution >= 4 is 0 Å². The first-order valence-corrected chi connectivity index (χ1v) is 6.98. The minimum absolute atomic E-state index is 0.492. The lowest BCUT2D eigenvalue weighted by molar-refractivity contribution is 0.118. The highest BCUT2D eigenvalue weighted by atomic mass is 15.3. The SMILES string of the molecule is CCCN1CCN(CC2CCC(N)C2)CC1. The van der Waals surface area contributed by atoms with Gasteiger partial charge in [-0.05, 0) is 38.1 Å². The Balaban J connectivity index is 1.65. The van der Waals surface area contributed by atoms with Crippen molar-refractivity contribution in [3.05, 3.63) is 0 Å². The van der Waals surface area contributed by atoms with Crippen LogP contribution in [0.15, 0.2) is 0 Å². The summed E-state index contributed by atoms with van der Waals surface area (Å²) < 4.78 is 0. The molecule has 0 bridgehead atoms. The maximum Gasteiger partial charge on any atom is 0.0110 e. The van der Waals surface area contributed by atoms with E-state index in [1.807, 2.05) is 0 Å². The lowest BCUT2D eigenvalue weighted by Gasteiger charge is -2.35. The minimum atomic E-state index is 0.492. The van der Waals surface area contributed by atoms with Crippen LogP contribution in [0.3, 0.4) is 0 Å². The quantitative estimate of drug-likeness (QED) is 0.779.